The predicted molar refractivity (Wildman–Crippen MR) is 75.7 cm³/mol. The summed E-state index contributed by atoms with van der Waals surface area (Å²) in [5.41, 5.74) is 7.89. The molecule has 0 saturated carbocycles. The highest BCUT2D eigenvalue weighted by Crippen LogP contribution is 2.29. The number of hydrogen-bond donors (Lipinski definition) is 1. The first-order valence-electron chi connectivity index (χ1n) is 5.82. The van der Waals surface area contributed by atoms with Crippen LogP contribution >= 0.6 is 11.8 Å². The molecule has 2 aromatic heterocycles. The minimum Gasteiger partial charge on any atom is -0.397 e. The first kappa shape index (κ1) is 12.9. The van der Waals surface area contributed by atoms with Gasteiger partial charge in [0.05, 0.1) is 5.69 Å². The standard InChI is InChI=1S/C14H17N3S/c1-14(2,3)10-6-7-12(17-9-10)18-13-11(15)5-4-8-16-13/h4-9H,15H2,1-3H3. The van der Waals surface area contributed by atoms with Gasteiger partial charge in [0.15, 0.2) is 0 Å². The second kappa shape index (κ2) is 4.98. The third-order valence-corrected chi connectivity index (χ3v) is 3.59. The first-order valence-corrected chi connectivity index (χ1v) is 6.63. The Morgan fingerprint density at radius 2 is 1.89 bits per heavy atom. The second-order valence-electron chi connectivity index (χ2n) is 5.13. The van der Waals surface area contributed by atoms with Crippen molar-refractivity contribution in [2.75, 3.05) is 5.73 Å². The Labute approximate surface area is 112 Å². The summed E-state index contributed by atoms with van der Waals surface area (Å²) in [6.45, 7) is 6.52. The van der Waals surface area contributed by atoms with E-state index >= 15 is 0 Å². The van der Waals surface area contributed by atoms with Crippen LogP contribution in [0.2, 0.25) is 0 Å². The molecule has 18 heavy (non-hydrogen) atoms. The number of anilines is 1. The topological polar surface area (TPSA) is 51.8 Å². The second-order valence-corrected chi connectivity index (χ2v) is 6.14. The summed E-state index contributed by atoms with van der Waals surface area (Å²) in [5.74, 6) is 0. The van der Waals surface area contributed by atoms with E-state index in [2.05, 4.69) is 36.8 Å². The molecular formula is C14H17N3S. The number of rotatable bonds is 2. The zero-order valence-corrected chi connectivity index (χ0v) is 11.7. The lowest BCUT2D eigenvalue weighted by molar-refractivity contribution is 0.586. The van der Waals surface area contributed by atoms with Gasteiger partial charge in [0, 0.05) is 12.4 Å². The van der Waals surface area contributed by atoms with Gasteiger partial charge in [0.25, 0.3) is 0 Å². The lowest BCUT2D eigenvalue weighted by Gasteiger charge is -2.18. The Bertz CT molecular complexity index is 529. The summed E-state index contributed by atoms with van der Waals surface area (Å²) in [6, 6.07) is 7.79. The molecular weight excluding hydrogens is 242 g/mol. The van der Waals surface area contributed by atoms with Crippen molar-refractivity contribution >= 4 is 17.4 Å². The highest BCUT2D eigenvalue weighted by atomic mass is 32.2. The average Bonchev–Trinajstić information content (AvgIpc) is 2.32. The Morgan fingerprint density at radius 1 is 1.11 bits per heavy atom. The fourth-order valence-electron chi connectivity index (χ4n) is 1.47. The van der Waals surface area contributed by atoms with E-state index in [-0.39, 0.29) is 5.41 Å². The first-order chi connectivity index (χ1) is 8.47. The Kier molecular flexibility index (Phi) is 3.57. The fraction of sp³-hybridized carbons (Fsp3) is 0.286. The largest absolute Gasteiger partial charge is 0.397 e. The molecule has 4 heteroatoms. The van der Waals surface area contributed by atoms with Crippen molar-refractivity contribution in [2.45, 2.75) is 36.2 Å². The molecule has 0 spiro atoms. The van der Waals surface area contributed by atoms with Crippen molar-refractivity contribution in [1.82, 2.24) is 9.97 Å². The quantitative estimate of drug-likeness (QED) is 0.896. The smallest absolute Gasteiger partial charge is 0.125 e. The van der Waals surface area contributed by atoms with E-state index in [0.717, 1.165) is 10.1 Å². The van der Waals surface area contributed by atoms with Gasteiger partial charge in [-0.3, -0.25) is 0 Å². The Morgan fingerprint density at radius 3 is 2.44 bits per heavy atom. The van der Waals surface area contributed by atoms with E-state index in [0.29, 0.717) is 5.69 Å². The van der Waals surface area contributed by atoms with Crippen LogP contribution in [0, 0.1) is 0 Å². The molecule has 0 unspecified atom stereocenters. The van der Waals surface area contributed by atoms with Crippen molar-refractivity contribution < 1.29 is 0 Å². The summed E-state index contributed by atoms with van der Waals surface area (Å²) in [6.07, 6.45) is 3.66. The van der Waals surface area contributed by atoms with Gasteiger partial charge < -0.3 is 5.73 Å². The van der Waals surface area contributed by atoms with Crippen molar-refractivity contribution in [2.24, 2.45) is 0 Å². The summed E-state index contributed by atoms with van der Waals surface area (Å²) in [4.78, 5) is 8.69. The maximum Gasteiger partial charge on any atom is 0.125 e. The van der Waals surface area contributed by atoms with Crippen molar-refractivity contribution in [3.05, 3.63) is 42.2 Å². The van der Waals surface area contributed by atoms with Crippen LogP contribution in [0.5, 0.6) is 0 Å². The van der Waals surface area contributed by atoms with Crippen molar-refractivity contribution in [1.29, 1.82) is 0 Å². The van der Waals surface area contributed by atoms with Gasteiger partial charge in [-0.15, -0.1) is 0 Å². The van der Waals surface area contributed by atoms with Gasteiger partial charge in [-0.05, 0) is 40.9 Å². The van der Waals surface area contributed by atoms with Gasteiger partial charge in [0.1, 0.15) is 10.1 Å². The zero-order chi connectivity index (χ0) is 13.2. The number of nitrogens with zero attached hydrogens (tertiary/aromatic N) is 2. The molecule has 3 nitrogen and oxygen atoms in total. The van der Waals surface area contributed by atoms with Gasteiger partial charge in [-0.1, -0.05) is 26.8 Å². The van der Waals surface area contributed by atoms with Crippen molar-refractivity contribution in [3.8, 4) is 0 Å². The molecule has 0 amide bonds. The molecule has 0 atom stereocenters. The Hall–Kier alpha value is -1.55. The maximum atomic E-state index is 5.86. The van der Waals surface area contributed by atoms with E-state index in [1.165, 1.54) is 17.3 Å². The van der Waals surface area contributed by atoms with Crippen LogP contribution in [0.4, 0.5) is 5.69 Å². The lowest BCUT2D eigenvalue weighted by Crippen LogP contribution is -2.11. The van der Waals surface area contributed by atoms with Gasteiger partial charge >= 0.3 is 0 Å². The van der Waals surface area contributed by atoms with Crippen LogP contribution in [0.1, 0.15) is 26.3 Å². The maximum absolute atomic E-state index is 5.86. The molecule has 0 fully saturated rings. The van der Waals surface area contributed by atoms with Crippen LogP contribution < -0.4 is 5.73 Å². The van der Waals surface area contributed by atoms with Crippen molar-refractivity contribution in [3.63, 3.8) is 0 Å². The van der Waals surface area contributed by atoms with Gasteiger partial charge in [-0.25, -0.2) is 9.97 Å². The highest BCUT2D eigenvalue weighted by molar-refractivity contribution is 7.99. The molecule has 2 heterocycles. The third kappa shape index (κ3) is 3.01. The summed E-state index contributed by atoms with van der Waals surface area (Å²) in [5, 5.41) is 1.71. The van der Waals surface area contributed by atoms with E-state index in [1.54, 1.807) is 6.20 Å². The summed E-state index contributed by atoms with van der Waals surface area (Å²) >= 11 is 1.49. The summed E-state index contributed by atoms with van der Waals surface area (Å²) in [7, 11) is 0. The lowest BCUT2D eigenvalue weighted by atomic mass is 9.88. The molecule has 2 rings (SSSR count). The van der Waals surface area contributed by atoms with Gasteiger partial charge in [0.2, 0.25) is 0 Å². The zero-order valence-electron chi connectivity index (χ0n) is 10.8. The summed E-state index contributed by atoms with van der Waals surface area (Å²) < 4.78 is 0. The molecule has 94 valence electrons. The van der Waals surface area contributed by atoms with Crippen LogP contribution in [0.25, 0.3) is 0 Å². The molecule has 0 aliphatic rings. The minimum atomic E-state index is 0.125. The Balaban J connectivity index is 2.19. The minimum absolute atomic E-state index is 0.125. The fourth-order valence-corrected chi connectivity index (χ4v) is 2.21. The van der Waals surface area contributed by atoms with Gasteiger partial charge in [-0.2, -0.15) is 0 Å². The number of aromatic nitrogens is 2. The van der Waals surface area contributed by atoms with Crippen LogP contribution in [-0.2, 0) is 5.41 Å². The molecule has 2 N–H and O–H groups in total. The highest BCUT2D eigenvalue weighted by Gasteiger charge is 2.14. The number of nitrogens with two attached hydrogens (primary N) is 1. The third-order valence-electron chi connectivity index (χ3n) is 2.60. The van der Waals surface area contributed by atoms with Crippen LogP contribution in [0.3, 0.4) is 0 Å². The number of pyridine rings is 2. The average molecular weight is 259 g/mol. The molecule has 0 aliphatic carbocycles. The monoisotopic (exact) mass is 259 g/mol. The predicted octanol–water partition coefficient (Wildman–Crippen LogP) is 3.51. The number of nitrogen functional groups attached to an aromatic ring is 1. The van der Waals surface area contributed by atoms with E-state index in [4.69, 9.17) is 5.73 Å². The molecule has 0 aliphatic heterocycles. The number of hydrogen-bond acceptors (Lipinski definition) is 4. The van der Waals surface area contributed by atoms with E-state index in [9.17, 15) is 0 Å². The van der Waals surface area contributed by atoms with Crippen LogP contribution in [0.15, 0.2) is 46.7 Å². The normalized spacial score (nSPS) is 11.5. The molecule has 0 saturated heterocycles. The molecule has 2 aromatic rings. The molecule has 0 radical (unpaired) electrons. The van der Waals surface area contributed by atoms with Crippen LogP contribution in [-0.4, -0.2) is 9.97 Å². The molecule has 0 aromatic carbocycles. The van der Waals surface area contributed by atoms with E-state index < -0.39 is 0 Å². The SMILES string of the molecule is CC(C)(C)c1ccc(Sc2ncccc2N)nc1. The molecule has 0 bridgehead atoms. The van der Waals surface area contributed by atoms with E-state index in [1.807, 2.05) is 24.4 Å².